The molecule has 15 heavy (non-hydrogen) atoms. The lowest BCUT2D eigenvalue weighted by Crippen LogP contribution is -2.47. The van der Waals surface area contributed by atoms with Gasteiger partial charge in [-0.05, 0) is 32.2 Å². The Balaban J connectivity index is 1.70. The van der Waals surface area contributed by atoms with Gasteiger partial charge in [-0.2, -0.15) is 0 Å². The lowest BCUT2D eigenvalue weighted by atomic mass is 9.95. The van der Waals surface area contributed by atoms with Gasteiger partial charge < -0.3 is 10.6 Å². The molecule has 0 aromatic heterocycles. The van der Waals surface area contributed by atoms with Crippen LogP contribution < -0.4 is 10.6 Å². The van der Waals surface area contributed by atoms with Crippen LogP contribution in [0, 0.1) is 0 Å². The average Bonchev–Trinajstić information content (AvgIpc) is 2.23. The van der Waals surface area contributed by atoms with Crippen molar-refractivity contribution in [2.45, 2.75) is 69.9 Å². The second kappa shape index (κ2) is 6.49. The molecule has 0 bridgehead atoms. The molecular formula is C13H26N2. The molecule has 2 rings (SSSR count). The van der Waals surface area contributed by atoms with Crippen LogP contribution in [-0.4, -0.2) is 25.2 Å². The van der Waals surface area contributed by atoms with Crippen molar-refractivity contribution < 1.29 is 0 Å². The number of hydrogen-bond acceptors (Lipinski definition) is 2. The summed E-state index contributed by atoms with van der Waals surface area (Å²) in [5, 5.41) is 7.35. The van der Waals surface area contributed by atoms with Crippen LogP contribution >= 0.6 is 0 Å². The van der Waals surface area contributed by atoms with E-state index in [0.29, 0.717) is 0 Å². The smallest absolute Gasteiger partial charge is 0.0195 e. The maximum absolute atomic E-state index is 3.86. The van der Waals surface area contributed by atoms with Crippen LogP contribution in [0.1, 0.15) is 57.8 Å². The fraction of sp³-hybridized carbons (Fsp3) is 1.00. The molecule has 0 amide bonds. The monoisotopic (exact) mass is 210 g/mol. The number of rotatable bonds is 2. The Morgan fingerprint density at radius 2 is 1.40 bits per heavy atom. The van der Waals surface area contributed by atoms with Crippen LogP contribution in [0.2, 0.25) is 0 Å². The van der Waals surface area contributed by atoms with Gasteiger partial charge in [0, 0.05) is 18.6 Å². The number of nitrogens with one attached hydrogen (secondary N) is 2. The summed E-state index contributed by atoms with van der Waals surface area (Å²) < 4.78 is 0. The molecule has 1 heterocycles. The van der Waals surface area contributed by atoms with Crippen molar-refractivity contribution in [1.29, 1.82) is 0 Å². The molecule has 0 spiro atoms. The molecule has 0 radical (unpaired) electrons. The SMILES string of the molecule is C1CCCC(NC2CCCNC2)CCC1. The van der Waals surface area contributed by atoms with E-state index in [1.807, 2.05) is 0 Å². The van der Waals surface area contributed by atoms with Crippen LogP contribution in [0.5, 0.6) is 0 Å². The second-order valence-corrected chi connectivity index (χ2v) is 5.25. The largest absolute Gasteiger partial charge is 0.315 e. The van der Waals surface area contributed by atoms with E-state index in [2.05, 4.69) is 10.6 Å². The quantitative estimate of drug-likeness (QED) is 0.731. The van der Waals surface area contributed by atoms with E-state index in [-0.39, 0.29) is 0 Å². The zero-order valence-electron chi connectivity index (χ0n) is 9.93. The highest BCUT2D eigenvalue weighted by molar-refractivity contribution is 4.80. The van der Waals surface area contributed by atoms with E-state index < -0.39 is 0 Å². The molecule has 88 valence electrons. The second-order valence-electron chi connectivity index (χ2n) is 5.25. The van der Waals surface area contributed by atoms with E-state index in [0.717, 1.165) is 12.1 Å². The summed E-state index contributed by atoms with van der Waals surface area (Å²) >= 11 is 0. The molecule has 1 aliphatic heterocycles. The van der Waals surface area contributed by atoms with Gasteiger partial charge in [-0.3, -0.25) is 0 Å². The molecule has 0 aromatic rings. The van der Waals surface area contributed by atoms with Crippen LogP contribution in [-0.2, 0) is 0 Å². The standard InChI is InChI=1S/C13H26N2/c1-2-4-7-12(8-5-3-1)15-13-9-6-10-14-11-13/h12-15H,1-11H2. The minimum absolute atomic E-state index is 0.753. The molecule has 2 heteroatoms. The number of piperidine rings is 1. The van der Waals surface area contributed by atoms with Crippen LogP contribution in [0.15, 0.2) is 0 Å². The van der Waals surface area contributed by atoms with Crippen molar-refractivity contribution in [1.82, 2.24) is 10.6 Å². The summed E-state index contributed by atoms with van der Waals surface area (Å²) in [5.74, 6) is 0. The molecule has 1 atom stereocenters. The molecule has 1 saturated heterocycles. The summed E-state index contributed by atoms with van der Waals surface area (Å²) in [7, 11) is 0. The first-order valence-electron chi connectivity index (χ1n) is 6.92. The third kappa shape index (κ3) is 4.12. The lowest BCUT2D eigenvalue weighted by Gasteiger charge is -2.30. The zero-order valence-corrected chi connectivity index (χ0v) is 9.93. The van der Waals surface area contributed by atoms with Gasteiger partial charge >= 0.3 is 0 Å². The summed E-state index contributed by atoms with van der Waals surface area (Å²) in [4.78, 5) is 0. The fourth-order valence-corrected chi connectivity index (χ4v) is 2.95. The first kappa shape index (κ1) is 11.4. The predicted octanol–water partition coefficient (Wildman–Crippen LogP) is 2.44. The summed E-state index contributed by atoms with van der Waals surface area (Å²) in [6, 6.07) is 1.57. The summed E-state index contributed by atoms with van der Waals surface area (Å²) in [5.41, 5.74) is 0. The van der Waals surface area contributed by atoms with Gasteiger partial charge in [-0.15, -0.1) is 0 Å². The molecule has 1 unspecified atom stereocenters. The Hall–Kier alpha value is -0.0800. The van der Waals surface area contributed by atoms with Gasteiger partial charge in [0.05, 0.1) is 0 Å². The summed E-state index contributed by atoms with van der Waals surface area (Å²) in [6.45, 7) is 2.42. The molecule has 2 N–H and O–H groups in total. The molecule has 1 saturated carbocycles. The first-order chi connectivity index (χ1) is 7.45. The van der Waals surface area contributed by atoms with Gasteiger partial charge in [0.2, 0.25) is 0 Å². The number of hydrogen-bond donors (Lipinski definition) is 2. The predicted molar refractivity (Wildman–Crippen MR) is 65.1 cm³/mol. The Labute approximate surface area is 94.2 Å². The molecule has 2 aliphatic rings. The Morgan fingerprint density at radius 3 is 2.07 bits per heavy atom. The van der Waals surface area contributed by atoms with Crippen LogP contribution in [0.25, 0.3) is 0 Å². The Kier molecular flexibility index (Phi) is 4.94. The molecular weight excluding hydrogens is 184 g/mol. The Bertz CT molecular complexity index is 156. The van der Waals surface area contributed by atoms with Crippen molar-refractivity contribution in [3.8, 4) is 0 Å². The van der Waals surface area contributed by atoms with Crippen molar-refractivity contribution in [3.05, 3.63) is 0 Å². The van der Waals surface area contributed by atoms with Crippen molar-refractivity contribution in [2.75, 3.05) is 13.1 Å². The van der Waals surface area contributed by atoms with Gasteiger partial charge in [-0.25, -0.2) is 0 Å². The molecule has 1 aliphatic carbocycles. The molecule has 2 nitrogen and oxygen atoms in total. The Morgan fingerprint density at radius 1 is 0.733 bits per heavy atom. The van der Waals surface area contributed by atoms with Crippen molar-refractivity contribution in [3.63, 3.8) is 0 Å². The topological polar surface area (TPSA) is 24.1 Å². The fourth-order valence-electron chi connectivity index (χ4n) is 2.95. The summed E-state index contributed by atoms with van der Waals surface area (Å²) in [6.07, 6.45) is 12.8. The van der Waals surface area contributed by atoms with E-state index >= 15 is 0 Å². The van der Waals surface area contributed by atoms with E-state index in [1.54, 1.807) is 0 Å². The highest BCUT2D eigenvalue weighted by Crippen LogP contribution is 2.18. The van der Waals surface area contributed by atoms with E-state index in [1.165, 1.54) is 70.9 Å². The van der Waals surface area contributed by atoms with Crippen molar-refractivity contribution in [2.24, 2.45) is 0 Å². The third-order valence-electron chi connectivity index (χ3n) is 3.87. The molecule has 0 aromatic carbocycles. The van der Waals surface area contributed by atoms with Gasteiger partial charge in [0.25, 0.3) is 0 Å². The van der Waals surface area contributed by atoms with E-state index in [9.17, 15) is 0 Å². The van der Waals surface area contributed by atoms with E-state index in [4.69, 9.17) is 0 Å². The van der Waals surface area contributed by atoms with Crippen LogP contribution in [0.3, 0.4) is 0 Å². The third-order valence-corrected chi connectivity index (χ3v) is 3.87. The highest BCUT2D eigenvalue weighted by Gasteiger charge is 2.17. The van der Waals surface area contributed by atoms with Crippen LogP contribution in [0.4, 0.5) is 0 Å². The van der Waals surface area contributed by atoms with Gasteiger partial charge in [0.1, 0.15) is 0 Å². The maximum atomic E-state index is 3.86. The minimum Gasteiger partial charge on any atom is -0.315 e. The van der Waals surface area contributed by atoms with Crippen molar-refractivity contribution >= 4 is 0 Å². The highest BCUT2D eigenvalue weighted by atomic mass is 15.0. The molecule has 2 fully saturated rings. The van der Waals surface area contributed by atoms with Gasteiger partial charge in [0.15, 0.2) is 0 Å². The minimum atomic E-state index is 0.753. The average molecular weight is 210 g/mol. The maximum Gasteiger partial charge on any atom is 0.0195 e. The normalized spacial score (nSPS) is 30.8. The first-order valence-corrected chi connectivity index (χ1v) is 6.92. The van der Waals surface area contributed by atoms with Gasteiger partial charge in [-0.1, -0.05) is 32.1 Å². The zero-order chi connectivity index (χ0) is 10.3. The lowest BCUT2D eigenvalue weighted by molar-refractivity contribution is 0.311.